The Hall–Kier alpha value is -1.88. The quantitative estimate of drug-likeness (QED) is 0.676. The molecule has 92 valence electrons. The molecule has 1 aromatic heterocycles. The third-order valence-electron chi connectivity index (χ3n) is 2.34. The van der Waals surface area contributed by atoms with Gasteiger partial charge in [-0.3, -0.25) is 0 Å². The molecule has 1 aromatic carbocycles. The van der Waals surface area contributed by atoms with E-state index in [2.05, 4.69) is 9.97 Å². The van der Waals surface area contributed by atoms with E-state index in [4.69, 9.17) is 5.11 Å². The van der Waals surface area contributed by atoms with Crippen LogP contribution < -0.4 is 0 Å². The number of carboxylic acid groups (broad SMARTS) is 1. The van der Waals surface area contributed by atoms with Gasteiger partial charge in [-0.25, -0.2) is 14.8 Å². The molecular weight excluding hydrogens is 248 g/mol. The number of carboxylic acids is 1. The number of aromatic carboxylic acids is 1. The van der Waals surface area contributed by atoms with Crippen LogP contribution in [-0.2, 0) is 5.75 Å². The second-order valence-electron chi connectivity index (χ2n) is 3.79. The number of thioether (sulfide) groups is 1. The fourth-order valence-electron chi connectivity index (χ4n) is 1.46. The van der Waals surface area contributed by atoms with Crippen molar-refractivity contribution in [2.45, 2.75) is 17.7 Å². The average molecular weight is 260 g/mol. The normalized spacial score (nSPS) is 10.3. The van der Waals surface area contributed by atoms with E-state index in [0.717, 1.165) is 16.3 Å². The van der Waals surface area contributed by atoms with Gasteiger partial charge in [0.1, 0.15) is 6.33 Å². The molecule has 0 radical (unpaired) electrons. The van der Waals surface area contributed by atoms with Crippen LogP contribution in [0, 0.1) is 6.92 Å². The first-order valence-corrected chi connectivity index (χ1v) is 6.37. The molecule has 0 aliphatic carbocycles. The number of aryl methyl sites for hydroxylation is 1. The van der Waals surface area contributed by atoms with Crippen molar-refractivity contribution in [1.82, 2.24) is 9.97 Å². The number of nitrogens with zero attached hydrogens (tertiary/aromatic N) is 2. The van der Waals surface area contributed by atoms with E-state index < -0.39 is 5.97 Å². The summed E-state index contributed by atoms with van der Waals surface area (Å²) in [5.41, 5.74) is 2.20. The van der Waals surface area contributed by atoms with Gasteiger partial charge >= 0.3 is 5.97 Å². The van der Waals surface area contributed by atoms with Crippen LogP contribution in [-0.4, -0.2) is 21.0 Å². The number of carbonyl (C=O) groups is 1. The van der Waals surface area contributed by atoms with Gasteiger partial charge in [0.15, 0.2) is 0 Å². The molecule has 0 fully saturated rings. The topological polar surface area (TPSA) is 63.1 Å². The van der Waals surface area contributed by atoms with Gasteiger partial charge in [-0.05, 0) is 30.7 Å². The van der Waals surface area contributed by atoms with Crippen LogP contribution >= 0.6 is 11.8 Å². The second-order valence-corrected chi connectivity index (χ2v) is 4.79. The fraction of sp³-hybridized carbons (Fsp3) is 0.154. The minimum atomic E-state index is -0.903. The Bertz CT molecular complexity index is 572. The van der Waals surface area contributed by atoms with Gasteiger partial charge < -0.3 is 5.11 Å². The first-order chi connectivity index (χ1) is 8.65. The Morgan fingerprint density at radius 3 is 2.89 bits per heavy atom. The zero-order valence-corrected chi connectivity index (χ0v) is 10.6. The molecule has 0 bridgehead atoms. The van der Waals surface area contributed by atoms with Gasteiger partial charge in [-0.1, -0.05) is 12.1 Å². The summed E-state index contributed by atoms with van der Waals surface area (Å²) >= 11 is 1.56. The molecule has 1 N–H and O–H groups in total. The van der Waals surface area contributed by atoms with Crippen molar-refractivity contribution in [3.8, 4) is 0 Å². The van der Waals surface area contributed by atoms with Crippen molar-refractivity contribution in [2.24, 2.45) is 0 Å². The lowest BCUT2D eigenvalue weighted by atomic mass is 10.1. The van der Waals surface area contributed by atoms with Crippen LogP contribution in [0.25, 0.3) is 0 Å². The molecule has 0 spiro atoms. The van der Waals surface area contributed by atoms with E-state index in [-0.39, 0.29) is 0 Å². The zero-order chi connectivity index (χ0) is 13.0. The molecule has 0 unspecified atom stereocenters. The minimum absolute atomic E-state index is 0.312. The molecular formula is C13H12N2O2S. The molecule has 2 rings (SSSR count). The molecule has 0 saturated heterocycles. The highest BCUT2D eigenvalue weighted by Crippen LogP contribution is 2.21. The Kier molecular flexibility index (Phi) is 3.94. The molecule has 0 saturated carbocycles. The van der Waals surface area contributed by atoms with Crippen molar-refractivity contribution < 1.29 is 9.90 Å². The molecule has 0 aliphatic heterocycles. The standard InChI is InChI=1S/C13H12N2O2S/c1-9-5-12(15-8-14-9)18-7-10-3-2-4-11(6-10)13(16)17/h2-6,8H,7H2,1H3,(H,16,17). The predicted octanol–water partition coefficient (Wildman–Crippen LogP) is 2.78. The number of aromatic nitrogens is 2. The molecule has 1 heterocycles. The maximum Gasteiger partial charge on any atom is 0.335 e. The Morgan fingerprint density at radius 2 is 2.17 bits per heavy atom. The molecule has 4 nitrogen and oxygen atoms in total. The van der Waals surface area contributed by atoms with Crippen LogP contribution in [0.5, 0.6) is 0 Å². The van der Waals surface area contributed by atoms with Crippen LogP contribution in [0.1, 0.15) is 21.6 Å². The first-order valence-electron chi connectivity index (χ1n) is 5.39. The molecule has 5 heteroatoms. The lowest BCUT2D eigenvalue weighted by Gasteiger charge is -2.03. The number of rotatable bonds is 4. The summed E-state index contributed by atoms with van der Waals surface area (Å²) in [5.74, 6) is -0.211. The lowest BCUT2D eigenvalue weighted by Crippen LogP contribution is -1.96. The Labute approximate surface area is 109 Å². The van der Waals surface area contributed by atoms with Crippen LogP contribution in [0.4, 0.5) is 0 Å². The van der Waals surface area contributed by atoms with E-state index in [1.54, 1.807) is 30.0 Å². The fourth-order valence-corrected chi connectivity index (χ4v) is 2.33. The summed E-state index contributed by atoms with van der Waals surface area (Å²) in [7, 11) is 0. The number of benzene rings is 1. The van der Waals surface area contributed by atoms with E-state index in [1.807, 2.05) is 19.1 Å². The van der Waals surface area contributed by atoms with Gasteiger partial charge in [-0.15, -0.1) is 11.8 Å². The summed E-state index contributed by atoms with van der Waals surface area (Å²) in [5, 5.41) is 9.80. The summed E-state index contributed by atoms with van der Waals surface area (Å²) in [6.07, 6.45) is 1.53. The van der Waals surface area contributed by atoms with Gasteiger partial charge in [0.2, 0.25) is 0 Å². The Balaban J connectivity index is 2.06. The smallest absolute Gasteiger partial charge is 0.335 e. The highest BCUT2D eigenvalue weighted by molar-refractivity contribution is 7.98. The Morgan fingerprint density at radius 1 is 1.33 bits per heavy atom. The van der Waals surface area contributed by atoms with E-state index in [9.17, 15) is 4.79 Å². The lowest BCUT2D eigenvalue weighted by molar-refractivity contribution is 0.0697. The molecule has 0 atom stereocenters. The first kappa shape index (κ1) is 12.6. The number of hydrogen-bond donors (Lipinski definition) is 1. The zero-order valence-electron chi connectivity index (χ0n) is 9.83. The highest BCUT2D eigenvalue weighted by Gasteiger charge is 2.04. The molecule has 18 heavy (non-hydrogen) atoms. The van der Waals surface area contributed by atoms with Gasteiger partial charge in [0.25, 0.3) is 0 Å². The minimum Gasteiger partial charge on any atom is -0.478 e. The average Bonchev–Trinajstić information content (AvgIpc) is 2.37. The highest BCUT2D eigenvalue weighted by atomic mass is 32.2. The van der Waals surface area contributed by atoms with E-state index in [1.165, 1.54) is 6.33 Å². The maximum atomic E-state index is 10.8. The van der Waals surface area contributed by atoms with Crippen LogP contribution in [0.15, 0.2) is 41.7 Å². The van der Waals surface area contributed by atoms with Crippen molar-refractivity contribution in [3.05, 3.63) is 53.5 Å². The van der Waals surface area contributed by atoms with Gasteiger partial charge in [0, 0.05) is 11.4 Å². The van der Waals surface area contributed by atoms with E-state index in [0.29, 0.717) is 11.3 Å². The van der Waals surface area contributed by atoms with Crippen molar-refractivity contribution in [1.29, 1.82) is 0 Å². The van der Waals surface area contributed by atoms with E-state index >= 15 is 0 Å². The summed E-state index contributed by atoms with van der Waals surface area (Å²) in [6, 6.07) is 8.85. The summed E-state index contributed by atoms with van der Waals surface area (Å²) < 4.78 is 0. The monoisotopic (exact) mass is 260 g/mol. The molecule has 2 aromatic rings. The third-order valence-corrected chi connectivity index (χ3v) is 3.34. The van der Waals surface area contributed by atoms with Gasteiger partial charge in [-0.2, -0.15) is 0 Å². The SMILES string of the molecule is Cc1cc(SCc2cccc(C(=O)O)c2)ncn1. The summed E-state index contributed by atoms with van der Waals surface area (Å²) in [4.78, 5) is 19.0. The van der Waals surface area contributed by atoms with Crippen LogP contribution in [0.2, 0.25) is 0 Å². The van der Waals surface area contributed by atoms with Crippen molar-refractivity contribution in [3.63, 3.8) is 0 Å². The number of hydrogen-bond acceptors (Lipinski definition) is 4. The molecule has 0 aliphatic rings. The largest absolute Gasteiger partial charge is 0.478 e. The maximum absolute atomic E-state index is 10.8. The second kappa shape index (κ2) is 5.64. The van der Waals surface area contributed by atoms with Gasteiger partial charge in [0.05, 0.1) is 10.6 Å². The van der Waals surface area contributed by atoms with Crippen molar-refractivity contribution in [2.75, 3.05) is 0 Å². The van der Waals surface area contributed by atoms with Crippen LogP contribution in [0.3, 0.4) is 0 Å². The van der Waals surface area contributed by atoms with Crippen molar-refractivity contribution >= 4 is 17.7 Å². The molecule has 0 amide bonds. The summed E-state index contributed by atoms with van der Waals surface area (Å²) in [6.45, 7) is 1.91. The predicted molar refractivity (Wildman–Crippen MR) is 69.7 cm³/mol. The third kappa shape index (κ3) is 3.30.